The highest BCUT2D eigenvalue weighted by atomic mass is 35.5. The van der Waals surface area contributed by atoms with Gasteiger partial charge in [0.05, 0.1) is 17.7 Å². The Kier molecular flexibility index (Phi) is 7.78. The Balaban J connectivity index is 0.00000132. The zero-order chi connectivity index (χ0) is 14.9. The standard InChI is InChI=1S/C16H25N3OS.2ClH/c1-11(2)13-9-21-14(19-13)8-18-15(20)16-6-4-3-5-12(16)7-17-10-16;;/h9,11-12,17H,3-8,10H2,1-2H3,(H,18,20);2*1H/t12-,16+;;/m0../s1. The fourth-order valence-corrected chi connectivity index (χ4v) is 4.59. The van der Waals surface area contributed by atoms with Crippen LogP contribution in [0.3, 0.4) is 0 Å². The zero-order valence-corrected chi connectivity index (χ0v) is 16.2. The van der Waals surface area contributed by atoms with Crippen LogP contribution in [0.4, 0.5) is 0 Å². The lowest BCUT2D eigenvalue weighted by Crippen LogP contribution is -2.47. The lowest BCUT2D eigenvalue weighted by atomic mass is 9.67. The van der Waals surface area contributed by atoms with E-state index in [9.17, 15) is 4.79 Å². The lowest BCUT2D eigenvalue weighted by molar-refractivity contribution is -0.134. The van der Waals surface area contributed by atoms with Gasteiger partial charge in [-0.15, -0.1) is 36.2 Å². The topological polar surface area (TPSA) is 54.0 Å². The maximum atomic E-state index is 12.7. The summed E-state index contributed by atoms with van der Waals surface area (Å²) in [6.07, 6.45) is 4.67. The largest absolute Gasteiger partial charge is 0.349 e. The third-order valence-corrected chi connectivity index (χ3v) is 5.92. The van der Waals surface area contributed by atoms with Gasteiger partial charge in [0.2, 0.25) is 5.91 Å². The van der Waals surface area contributed by atoms with E-state index in [0.29, 0.717) is 18.4 Å². The van der Waals surface area contributed by atoms with Crippen molar-refractivity contribution in [3.05, 3.63) is 16.1 Å². The first-order valence-corrected chi connectivity index (χ1v) is 8.93. The average molecular weight is 380 g/mol. The molecular formula is C16H27Cl2N3OS. The Morgan fingerprint density at radius 2 is 2.26 bits per heavy atom. The highest BCUT2D eigenvalue weighted by molar-refractivity contribution is 7.09. The Morgan fingerprint density at radius 1 is 1.48 bits per heavy atom. The van der Waals surface area contributed by atoms with Crippen molar-refractivity contribution >= 4 is 42.1 Å². The van der Waals surface area contributed by atoms with Gasteiger partial charge in [-0.25, -0.2) is 4.98 Å². The number of halogens is 2. The first-order chi connectivity index (χ1) is 10.1. The van der Waals surface area contributed by atoms with Gasteiger partial charge >= 0.3 is 0 Å². The zero-order valence-electron chi connectivity index (χ0n) is 13.8. The monoisotopic (exact) mass is 379 g/mol. The Labute approximate surface area is 155 Å². The van der Waals surface area contributed by atoms with Crippen LogP contribution >= 0.6 is 36.2 Å². The predicted octanol–water partition coefficient (Wildman–Crippen LogP) is 3.51. The maximum Gasteiger partial charge on any atom is 0.228 e. The van der Waals surface area contributed by atoms with Crippen molar-refractivity contribution in [2.75, 3.05) is 13.1 Å². The fraction of sp³-hybridized carbons (Fsp3) is 0.750. The molecular weight excluding hydrogens is 353 g/mol. The van der Waals surface area contributed by atoms with Gasteiger partial charge in [-0.05, 0) is 31.2 Å². The first-order valence-electron chi connectivity index (χ1n) is 8.05. The molecule has 1 saturated carbocycles. The molecule has 1 amide bonds. The minimum absolute atomic E-state index is 0. The summed E-state index contributed by atoms with van der Waals surface area (Å²) in [5.74, 6) is 1.21. The van der Waals surface area contributed by atoms with E-state index < -0.39 is 0 Å². The van der Waals surface area contributed by atoms with Crippen LogP contribution in [-0.2, 0) is 11.3 Å². The molecule has 132 valence electrons. The van der Waals surface area contributed by atoms with E-state index in [1.807, 2.05) is 0 Å². The van der Waals surface area contributed by atoms with Crippen molar-refractivity contribution in [1.29, 1.82) is 0 Å². The normalized spacial score (nSPS) is 26.1. The molecule has 7 heteroatoms. The summed E-state index contributed by atoms with van der Waals surface area (Å²) in [5, 5.41) is 9.70. The Hall–Kier alpha value is -0.360. The summed E-state index contributed by atoms with van der Waals surface area (Å²) in [4.78, 5) is 17.3. The van der Waals surface area contributed by atoms with Gasteiger partial charge in [-0.2, -0.15) is 0 Å². The molecule has 0 unspecified atom stereocenters. The molecule has 1 aromatic heterocycles. The third kappa shape index (κ3) is 4.19. The highest BCUT2D eigenvalue weighted by Gasteiger charge is 2.49. The first kappa shape index (κ1) is 20.7. The molecule has 2 N–H and O–H groups in total. The number of carbonyl (C=O) groups excluding carboxylic acids is 1. The molecule has 2 aliphatic rings. The summed E-state index contributed by atoms with van der Waals surface area (Å²) in [6.45, 7) is 6.71. The smallest absolute Gasteiger partial charge is 0.228 e. The molecule has 0 bridgehead atoms. The molecule has 0 radical (unpaired) electrons. The van der Waals surface area contributed by atoms with Gasteiger partial charge in [0, 0.05) is 11.9 Å². The highest BCUT2D eigenvalue weighted by Crippen LogP contribution is 2.43. The van der Waals surface area contributed by atoms with Crippen LogP contribution < -0.4 is 10.6 Å². The van der Waals surface area contributed by atoms with Crippen molar-refractivity contribution < 1.29 is 4.79 Å². The SMILES string of the molecule is CC(C)c1csc(CNC(=O)[C@@]23CCCC[C@H]2CNC3)n1.Cl.Cl. The molecule has 23 heavy (non-hydrogen) atoms. The number of hydrogen-bond donors (Lipinski definition) is 2. The number of aromatic nitrogens is 1. The van der Waals surface area contributed by atoms with E-state index in [4.69, 9.17) is 0 Å². The van der Waals surface area contributed by atoms with Crippen molar-refractivity contribution in [3.63, 3.8) is 0 Å². The van der Waals surface area contributed by atoms with Crippen molar-refractivity contribution in [1.82, 2.24) is 15.6 Å². The van der Waals surface area contributed by atoms with Gasteiger partial charge in [-0.1, -0.05) is 26.7 Å². The molecule has 2 heterocycles. The summed E-state index contributed by atoms with van der Waals surface area (Å²) >= 11 is 1.65. The van der Waals surface area contributed by atoms with Crippen LogP contribution in [0.2, 0.25) is 0 Å². The molecule has 1 aromatic rings. The van der Waals surface area contributed by atoms with Crippen LogP contribution in [-0.4, -0.2) is 24.0 Å². The number of nitrogens with one attached hydrogen (secondary N) is 2. The second-order valence-electron chi connectivity index (χ2n) is 6.73. The fourth-order valence-electron chi connectivity index (χ4n) is 3.69. The lowest BCUT2D eigenvalue weighted by Gasteiger charge is -2.37. The van der Waals surface area contributed by atoms with Crippen molar-refractivity contribution in [3.8, 4) is 0 Å². The summed E-state index contributed by atoms with van der Waals surface area (Å²) in [7, 11) is 0. The van der Waals surface area contributed by atoms with Crippen LogP contribution in [0.25, 0.3) is 0 Å². The van der Waals surface area contributed by atoms with Gasteiger partial charge in [-0.3, -0.25) is 4.79 Å². The molecule has 0 spiro atoms. The second-order valence-corrected chi connectivity index (χ2v) is 7.68. The van der Waals surface area contributed by atoms with E-state index >= 15 is 0 Å². The van der Waals surface area contributed by atoms with Crippen LogP contribution in [0, 0.1) is 11.3 Å². The van der Waals surface area contributed by atoms with Gasteiger partial charge in [0.25, 0.3) is 0 Å². The molecule has 1 aliphatic heterocycles. The number of amides is 1. The number of hydrogen-bond acceptors (Lipinski definition) is 4. The van der Waals surface area contributed by atoms with E-state index in [-0.39, 0.29) is 36.1 Å². The minimum Gasteiger partial charge on any atom is -0.349 e. The number of nitrogens with zero attached hydrogens (tertiary/aromatic N) is 1. The number of fused-ring (bicyclic) bond motifs is 1. The Bertz CT molecular complexity index is 523. The second kappa shape index (κ2) is 8.65. The summed E-state index contributed by atoms with van der Waals surface area (Å²) in [6, 6.07) is 0. The minimum atomic E-state index is -0.156. The van der Waals surface area contributed by atoms with Crippen LogP contribution in [0.5, 0.6) is 0 Å². The maximum absolute atomic E-state index is 12.7. The van der Waals surface area contributed by atoms with E-state index in [0.717, 1.165) is 30.2 Å². The third-order valence-electron chi connectivity index (χ3n) is 5.05. The molecule has 4 nitrogen and oxygen atoms in total. The van der Waals surface area contributed by atoms with E-state index in [2.05, 4.69) is 34.8 Å². The molecule has 1 saturated heterocycles. The van der Waals surface area contributed by atoms with Gasteiger partial charge in [0.15, 0.2) is 0 Å². The van der Waals surface area contributed by atoms with E-state index in [1.165, 1.54) is 19.3 Å². The van der Waals surface area contributed by atoms with Crippen molar-refractivity contribution in [2.45, 2.75) is 52.0 Å². The molecule has 1 aliphatic carbocycles. The van der Waals surface area contributed by atoms with Crippen LogP contribution in [0.1, 0.15) is 56.2 Å². The van der Waals surface area contributed by atoms with E-state index in [1.54, 1.807) is 11.3 Å². The van der Waals surface area contributed by atoms with Gasteiger partial charge < -0.3 is 10.6 Å². The molecule has 3 rings (SSSR count). The molecule has 0 aromatic carbocycles. The predicted molar refractivity (Wildman–Crippen MR) is 99.8 cm³/mol. The summed E-state index contributed by atoms with van der Waals surface area (Å²) in [5.41, 5.74) is 0.969. The molecule has 2 fully saturated rings. The number of rotatable bonds is 4. The number of thiazole rings is 1. The quantitative estimate of drug-likeness (QED) is 0.841. The summed E-state index contributed by atoms with van der Waals surface area (Å²) < 4.78 is 0. The number of carbonyl (C=O) groups is 1. The van der Waals surface area contributed by atoms with Crippen molar-refractivity contribution in [2.24, 2.45) is 11.3 Å². The Morgan fingerprint density at radius 3 is 2.96 bits per heavy atom. The average Bonchev–Trinajstić information content (AvgIpc) is 3.12. The van der Waals surface area contributed by atoms with Gasteiger partial charge in [0.1, 0.15) is 5.01 Å². The van der Waals surface area contributed by atoms with Crippen LogP contribution in [0.15, 0.2) is 5.38 Å². The molecule has 2 atom stereocenters.